The summed E-state index contributed by atoms with van der Waals surface area (Å²) in [5.41, 5.74) is 3.23. The van der Waals surface area contributed by atoms with Crippen LogP contribution in [-0.4, -0.2) is 63.9 Å². The van der Waals surface area contributed by atoms with Gasteiger partial charge in [0.25, 0.3) is 11.8 Å². The quantitative estimate of drug-likeness (QED) is 0.446. The Morgan fingerprint density at radius 2 is 1.43 bits per heavy atom. The van der Waals surface area contributed by atoms with E-state index in [1.165, 1.54) is 17.6 Å². The molecule has 2 N–H and O–H groups in total. The first-order valence-electron chi connectivity index (χ1n) is 9.47. The largest absolute Gasteiger partial charge is 0.336 e. The fourth-order valence-corrected chi connectivity index (χ4v) is 3.01. The third-order valence-corrected chi connectivity index (χ3v) is 4.60. The lowest BCUT2D eigenvalue weighted by molar-refractivity contribution is -0.127. The first-order valence-corrected chi connectivity index (χ1v) is 9.47. The number of aromatic nitrogens is 1. The van der Waals surface area contributed by atoms with Gasteiger partial charge in [0.1, 0.15) is 0 Å². The standard InChI is InChI=1S/C22H22N4O4/c27-20(24-30)11-9-18-7-4-8-19(23-18)10-12-21(28)25-13-15-26(16-14-25)22(29)17-5-2-1-3-6-17/h1-12,30H,13-16H2,(H,24,27)/b11-9+,12-10+. The van der Waals surface area contributed by atoms with Crippen molar-refractivity contribution in [1.29, 1.82) is 0 Å². The molecule has 0 radical (unpaired) electrons. The lowest BCUT2D eigenvalue weighted by Gasteiger charge is -2.34. The van der Waals surface area contributed by atoms with Crippen molar-refractivity contribution in [2.75, 3.05) is 26.2 Å². The minimum Gasteiger partial charge on any atom is -0.336 e. The van der Waals surface area contributed by atoms with Gasteiger partial charge in [0.05, 0.1) is 11.4 Å². The first kappa shape index (κ1) is 20.9. The number of benzene rings is 1. The van der Waals surface area contributed by atoms with E-state index in [2.05, 4.69) is 4.98 Å². The van der Waals surface area contributed by atoms with Gasteiger partial charge in [-0.15, -0.1) is 0 Å². The molecule has 1 aromatic heterocycles. The molecule has 2 aromatic rings. The molecule has 1 aromatic carbocycles. The second-order valence-electron chi connectivity index (χ2n) is 6.61. The molecule has 30 heavy (non-hydrogen) atoms. The van der Waals surface area contributed by atoms with E-state index >= 15 is 0 Å². The lowest BCUT2D eigenvalue weighted by atomic mass is 10.2. The number of amides is 3. The maximum Gasteiger partial charge on any atom is 0.267 e. The molecule has 154 valence electrons. The fourth-order valence-electron chi connectivity index (χ4n) is 3.01. The number of hydroxylamine groups is 1. The predicted molar refractivity (Wildman–Crippen MR) is 111 cm³/mol. The van der Waals surface area contributed by atoms with E-state index in [1.54, 1.807) is 46.2 Å². The maximum atomic E-state index is 12.5. The summed E-state index contributed by atoms with van der Waals surface area (Å²) in [6.45, 7) is 1.90. The van der Waals surface area contributed by atoms with Crippen LogP contribution in [0.4, 0.5) is 0 Å². The van der Waals surface area contributed by atoms with E-state index in [9.17, 15) is 14.4 Å². The van der Waals surface area contributed by atoms with Gasteiger partial charge >= 0.3 is 0 Å². The molecule has 8 heteroatoms. The second-order valence-corrected chi connectivity index (χ2v) is 6.61. The van der Waals surface area contributed by atoms with Crippen LogP contribution in [0.2, 0.25) is 0 Å². The second kappa shape index (κ2) is 10.1. The third-order valence-electron chi connectivity index (χ3n) is 4.60. The van der Waals surface area contributed by atoms with Gasteiger partial charge in [0.15, 0.2) is 0 Å². The average Bonchev–Trinajstić information content (AvgIpc) is 2.81. The normalized spacial score (nSPS) is 14.3. The number of piperazine rings is 1. The summed E-state index contributed by atoms with van der Waals surface area (Å²) in [5.74, 6) is -0.829. The van der Waals surface area contributed by atoms with Crippen molar-refractivity contribution >= 4 is 29.9 Å². The van der Waals surface area contributed by atoms with Crippen molar-refractivity contribution in [3.05, 3.63) is 77.6 Å². The van der Waals surface area contributed by atoms with Gasteiger partial charge in [0, 0.05) is 43.9 Å². The van der Waals surface area contributed by atoms with Crippen molar-refractivity contribution in [2.24, 2.45) is 0 Å². The van der Waals surface area contributed by atoms with Gasteiger partial charge in [-0.2, -0.15) is 0 Å². The monoisotopic (exact) mass is 406 g/mol. The zero-order valence-corrected chi connectivity index (χ0v) is 16.3. The molecule has 0 spiro atoms. The molecule has 0 unspecified atom stereocenters. The summed E-state index contributed by atoms with van der Waals surface area (Å²) in [7, 11) is 0. The topological polar surface area (TPSA) is 103 Å². The summed E-state index contributed by atoms with van der Waals surface area (Å²) in [4.78, 5) is 43.8. The molecule has 0 aliphatic carbocycles. The first-order chi connectivity index (χ1) is 14.6. The highest BCUT2D eigenvalue weighted by molar-refractivity contribution is 5.95. The Bertz CT molecular complexity index is 964. The Morgan fingerprint density at radius 1 is 0.833 bits per heavy atom. The zero-order valence-electron chi connectivity index (χ0n) is 16.3. The van der Waals surface area contributed by atoms with E-state index in [4.69, 9.17) is 5.21 Å². The van der Waals surface area contributed by atoms with Crippen molar-refractivity contribution in [3.8, 4) is 0 Å². The van der Waals surface area contributed by atoms with E-state index < -0.39 is 5.91 Å². The highest BCUT2D eigenvalue weighted by atomic mass is 16.5. The van der Waals surface area contributed by atoms with Crippen molar-refractivity contribution in [2.45, 2.75) is 0 Å². The Morgan fingerprint density at radius 3 is 2.07 bits per heavy atom. The van der Waals surface area contributed by atoms with Crippen molar-refractivity contribution in [1.82, 2.24) is 20.3 Å². The molecule has 0 bridgehead atoms. The highest BCUT2D eigenvalue weighted by Gasteiger charge is 2.23. The van der Waals surface area contributed by atoms with Gasteiger partial charge in [0.2, 0.25) is 5.91 Å². The highest BCUT2D eigenvalue weighted by Crippen LogP contribution is 2.10. The molecule has 2 heterocycles. The number of carbonyl (C=O) groups is 3. The van der Waals surface area contributed by atoms with E-state index in [0.717, 1.165) is 6.08 Å². The molecular formula is C22H22N4O4. The summed E-state index contributed by atoms with van der Waals surface area (Å²) in [6.07, 6.45) is 5.66. The van der Waals surface area contributed by atoms with Crippen LogP contribution in [0, 0.1) is 0 Å². The van der Waals surface area contributed by atoms with Crippen LogP contribution in [0.15, 0.2) is 60.7 Å². The summed E-state index contributed by atoms with van der Waals surface area (Å²) >= 11 is 0. The molecule has 3 rings (SSSR count). The molecule has 8 nitrogen and oxygen atoms in total. The van der Waals surface area contributed by atoms with Crippen LogP contribution >= 0.6 is 0 Å². The summed E-state index contributed by atoms with van der Waals surface area (Å²) in [5, 5.41) is 8.50. The molecule has 1 aliphatic heterocycles. The molecule has 0 atom stereocenters. The minimum absolute atomic E-state index is 0.0257. The maximum absolute atomic E-state index is 12.5. The lowest BCUT2D eigenvalue weighted by Crippen LogP contribution is -2.50. The Kier molecular flexibility index (Phi) is 7.07. The number of nitrogens with zero attached hydrogens (tertiary/aromatic N) is 3. The van der Waals surface area contributed by atoms with Gasteiger partial charge in [-0.05, 0) is 36.4 Å². The van der Waals surface area contributed by atoms with E-state index in [1.807, 2.05) is 18.2 Å². The number of pyridine rings is 1. The molecule has 1 saturated heterocycles. The van der Waals surface area contributed by atoms with Gasteiger partial charge in [-0.1, -0.05) is 24.3 Å². The van der Waals surface area contributed by atoms with Crippen LogP contribution in [0.25, 0.3) is 12.2 Å². The SMILES string of the molecule is O=C(/C=C/c1cccc(/C=C/C(=O)N2CCN(C(=O)c3ccccc3)CC2)n1)NO. The Balaban J connectivity index is 1.54. The Hall–Kier alpha value is -3.78. The predicted octanol–water partition coefficient (Wildman–Crippen LogP) is 1.60. The van der Waals surface area contributed by atoms with Crippen molar-refractivity contribution < 1.29 is 19.6 Å². The Labute approximate surface area is 174 Å². The summed E-state index contributed by atoms with van der Waals surface area (Å²) in [6, 6.07) is 14.3. The number of hydrogen-bond donors (Lipinski definition) is 2. The summed E-state index contributed by atoms with van der Waals surface area (Å²) < 4.78 is 0. The minimum atomic E-state index is -0.655. The van der Waals surface area contributed by atoms with E-state index in [0.29, 0.717) is 43.1 Å². The molecule has 1 fully saturated rings. The number of hydrogen-bond acceptors (Lipinski definition) is 5. The van der Waals surface area contributed by atoms with Crippen LogP contribution in [-0.2, 0) is 9.59 Å². The van der Waals surface area contributed by atoms with Crippen LogP contribution in [0.5, 0.6) is 0 Å². The molecule has 1 aliphatic rings. The number of nitrogens with one attached hydrogen (secondary N) is 1. The smallest absolute Gasteiger partial charge is 0.267 e. The van der Waals surface area contributed by atoms with E-state index in [-0.39, 0.29) is 11.8 Å². The molecule has 0 saturated carbocycles. The van der Waals surface area contributed by atoms with Gasteiger partial charge in [-0.3, -0.25) is 19.6 Å². The van der Waals surface area contributed by atoms with Crippen molar-refractivity contribution in [3.63, 3.8) is 0 Å². The molecular weight excluding hydrogens is 384 g/mol. The molecule has 3 amide bonds. The number of rotatable bonds is 5. The van der Waals surface area contributed by atoms with Crippen LogP contribution in [0.1, 0.15) is 21.7 Å². The number of carbonyl (C=O) groups excluding carboxylic acids is 3. The van der Waals surface area contributed by atoms with Crippen LogP contribution in [0.3, 0.4) is 0 Å². The van der Waals surface area contributed by atoms with Crippen LogP contribution < -0.4 is 5.48 Å². The van der Waals surface area contributed by atoms with Gasteiger partial charge in [-0.25, -0.2) is 10.5 Å². The fraction of sp³-hybridized carbons (Fsp3) is 0.182. The van der Waals surface area contributed by atoms with Gasteiger partial charge < -0.3 is 9.80 Å². The zero-order chi connectivity index (χ0) is 21.3. The third kappa shape index (κ3) is 5.62. The average molecular weight is 406 g/mol.